The van der Waals surface area contributed by atoms with Crippen molar-refractivity contribution in [1.29, 1.82) is 0 Å². The Morgan fingerprint density at radius 1 is 0.952 bits per heavy atom. The molecular formula is C17H21NO3. The second kappa shape index (κ2) is 6.99. The van der Waals surface area contributed by atoms with E-state index in [-0.39, 0.29) is 6.04 Å². The van der Waals surface area contributed by atoms with Crippen LogP contribution in [0, 0.1) is 0 Å². The summed E-state index contributed by atoms with van der Waals surface area (Å²) >= 11 is 0. The zero-order chi connectivity index (χ0) is 15.2. The van der Waals surface area contributed by atoms with Gasteiger partial charge in [-0.3, -0.25) is 0 Å². The molecule has 0 amide bonds. The molecule has 0 aliphatic heterocycles. The molecule has 0 aromatic heterocycles. The maximum absolute atomic E-state index is 6.13. The van der Waals surface area contributed by atoms with Gasteiger partial charge in [-0.15, -0.1) is 0 Å². The average Bonchev–Trinajstić information content (AvgIpc) is 2.54. The zero-order valence-electron chi connectivity index (χ0n) is 12.6. The molecule has 0 heterocycles. The van der Waals surface area contributed by atoms with Gasteiger partial charge in [0.25, 0.3) is 0 Å². The fourth-order valence-corrected chi connectivity index (χ4v) is 2.07. The summed E-state index contributed by atoms with van der Waals surface area (Å²) in [5, 5.41) is 0. The lowest BCUT2D eigenvalue weighted by Gasteiger charge is -2.16. The SMILES string of the molecule is CC[C@@H](N)c1ccccc1Oc1cc(OC)cc(OC)c1. The van der Waals surface area contributed by atoms with Crippen LogP contribution in [-0.2, 0) is 0 Å². The van der Waals surface area contributed by atoms with Gasteiger partial charge < -0.3 is 19.9 Å². The normalized spacial score (nSPS) is 11.8. The van der Waals surface area contributed by atoms with E-state index in [0.717, 1.165) is 17.7 Å². The lowest BCUT2D eigenvalue weighted by atomic mass is 10.0. The highest BCUT2D eigenvalue weighted by atomic mass is 16.5. The summed E-state index contributed by atoms with van der Waals surface area (Å²) in [5.74, 6) is 2.77. The van der Waals surface area contributed by atoms with Crippen LogP contribution < -0.4 is 19.9 Å². The van der Waals surface area contributed by atoms with Gasteiger partial charge in [-0.1, -0.05) is 25.1 Å². The van der Waals surface area contributed by atoms with Crippen molar-refractivity contribution in [3.63, 3.8) is 0 Å². The third-order valence-electron chi connectivity index (χ3n) is 3.31. The van der Waals surface area contributed by atoms with Crippen LogP contribution in [0.2, 0.25) is 0 Å². The van der Waals surface area contributed by atoms with Crippen molar-refractivity contribution in [2.45, 2.75) is 19.4 Å². The van der Waals surface area contributed by atoms with Crippen LogP contribution in [0.15, 0.2) is 42.5 Å². The topological polar surface area (TPSA) is 53.7 Å². The summed E-state index contributed by atoms with van der Waals surface area (Å²) in [7, 11) is 3.22. The van der Waals surface area contributed by atoms with Crippen LogP contribution in [0.1, 0.15) is 24.9 Å². The Kier molecular flexibility index (Phi) is 5.06. The standard InChI is InChI=1S/C17H21NO3/c1-4-16(18)15-7-5-6-8-17(15)21-14-10-12(19-2)9-13(11-14)20-3/h5-11,16H,4,18H2,1-3H3/t16-/m1/s1. The number of para-hydroxylation sites is 1. The predicted octanol–water partition coefficient (Wildman–Crippen LogP) is 3.91. The monoisotopic (exact) mass is 287 g/mol. The average molecular weight is 287 g/mol. The first-order valence-corrected chi connectivity index (χ1v) is 6.93. The zero-order valence-corrected chi connectivity index (χ0v) is 12.6. The number of benzene rings is 2. The minimum absolute atomic E-state index is 0.0475. The van der Waals surface area contributed by atoms with Crippen molar-refractivity contribution in [1.82, 2.24) is 0 Å². The first-order chi connectivity index (χ1) is 10.2. The number of rotatable bonds is 6. The number of hydrogen-bond donors (Lipinski definition) is 1. The third kappa shape index (κ3) is 3.67. The molecule has 4 heteroatoms. The number of ether oxygens (including phenoxy) is 3. The molecule has 0 unspecified atom stereocenters. The van der Waals surface area contributed by atoms with E-state index in [4.69, 9.17) is 19.9 Å². The van der Waals surface area contributed by atoms with Gasteiger partial charge in [-0.25, -0.2) is 0 Å². The maximum atomic E-state index is 6.13. The van der Waals surface area contributed by atoms with Gasteiger partial charge in [-0.05, 0) is 12.5 Å². The minimum Gasteiger partial charge on any atom is -0.496 e. The Morgan fingerprint density at radius 3 is 2.10 bits per heavy atom. The van der Waals surface area contributed by atoms with Gasteiger partial charge in [0.1, 0.15) is 23.0 Å². The van der Waals surface area contributed by atoms with Crippen LogP contribution in [0.25, 0.3) is 0 Å². The molecule has 2 aromatic carbocycles. The number of nitrogens with two attached hydrogens (primary N) is 1. The Morgan fingerprint density at radius 2 is 1.52 bits per heavy atom. The predicted molar refractivity (Wildman–Crippen MR) is 83.3 cm³/mol. The lowest BCUT2D eigenvalue weighted by molar-refractivity contribution is 0.386. The minimum atomic E-state index is -0.0475. The highest BCUT2D eigenvalue weighted by molar-refractivity contribution is 5.45. The van der Waals surface area contributed by atoms with E-state index in [1.165, 1.54) is 0 Å². The van der Waals surface area contributed by atoms with Gasteiger partial charge in [0.05, 0.1) is 14.2 Å². The lowest BCUT2D eigenvalue weighted by Crippen LogP contribution is -2.09. The first kappa shape index (κ1) is 15.2. The summed E-state index contributed by atoms with van der Waals surface area (Å²) in [6.45, 7) is 2.05. The molecule has 0 saturated heterocycles. The van der Waals surface area contributed by atoms with Gasteiger partial charge >= 0.3 is 0 Å². The molecule has 21 heavy (non-hydrogen) atoms. The molecule has 2 N–H and O–H groups in total. The Balaban J connectivity index is 2.34. The fraction of sp³-hybridized carbons (Fsp3) is 0.294. The molecule has 4 nitrogen and oxygen atoms in total. The maximum Gasteiger partial charge on any atom is 0.134 e. The van der Waals surface area contributed by atoms with Crippen molar-refractivity contribution in [2.75, 3.05) is 14.2 Å². The largest absolute Gasteiger partial charge is 0.496 e. The number of hydrogen-bond acceptors (Lipinski definition) is 4. The molecule has 0 bridgehead atoms. The van der Waals surface area contributed by atoms with Crippen LogP contribution in [-0.4, -0.2) is 14.2 Å². The van der Waals surface area contributed by atoms with Gasteiger partial charge in [-0.2, -0.15) is 0 Å². The van der Waals surface area contributed by atoms with Crippen molar-refractivity contribution >= 4 is 0 Å². The van der Waals surface area contributed by atoms with E-state index < -0.39 is 0 Å². The Hall–Kier alpha value is -2.20. The fourth-order valence-electron chi connectivity index (χ4n) is 2.07. The quantitative estimate of drug-likeness (QED) is 0.875. The van der Waals surface area contributed by atoms with Gasteiger partial charge in [0, 0.05) is 29.8 Å². The smallest absolute Gasteiger partial charge is 0.134 e. The van der Waals surface area contributed by atoms with Crippen molar-refractivity contribution < 1.29 is 14.2 Å². The highest BCUT2D eigenvalue weighted by Crippen LogP contribution is 2.34. The van der Waals surface area contributed by atoms with Gasteiger partial charge in [0.15, 0.2) is 0 Å². The second-order valence-electron chi connectivity index (χ2n) is 4.70. The first-order valence-electron chi connectivity index (χ1n) is 6.93. The molecular weight excluding hydrogens is 266 g/mol. The summed E-state index contributed by atoms with van der Waals surface area (Å²) in [6, 6.07) is 13.2. The van der Waals surface area contributed by atoms with Crippen LogP contribution in [0.4, 0.5) is 0 Å². The molecule has 1 atom stereocenters. The van der Waals surface area contributed by atoms with E-state index >= 15 is 0 Å². The Labute approximate surface area is 125 Å². The van der Waals surface area contributed by atoms with Crippen LogP contribution >= 0.6 is 0 Å². The van der Waals surface area contributed by atoms with Crippen molar-refractivity contribution in [3.05, 3.63) is 48.0 Å². The summed E-state index contributed by atoms with van der Waals surface area (Å²) in [4.78, 5) is 0. The molecule has 2 aromatic rings. The second-order valence-corrected chi connectivity index (χ2v) is 4.70. The summed E-state index contributed by atoms with van der Waals surface area (Å²) < 4.78 is 16.5. The molecule has 112 valence electrons. The third-order valence-corrected chi connectivity index (χ3v) is 3.31. The van der Waals surface area contributed by atoms with Crippen molar-refractivity contribution in [3.8, 4) is 23.0 Å². The van der Waals surface area contributed by atoms with Crippen molar-refractivity contribution in [2.24, 2.45) is 5.73 Å². The van der Waals surface area contributed by atoms with E-state index in [2.05, 4.69) is 6.92 Å². The van der Waals surface area contributed by atoms with E-state index in [1.807, 2.05) is 36.4 Å². The molecule has 0 spiro atoms. The molecule has 0 aliphatic carbocycles. The molecule has 0 radical (unpaired) electrons. The molecule has 2 rings (SSSR count). The number of methoxy groups -OCH3 is 2. The van der Waals surface area contributed by atoms with E-state index in [1.54, 1.807) is 20.3 Å². The van der Waals surface area contributed by atoms with E-state index in [0.29, 0.717) is 17.2 Å². The summed E-state index contributed by atoms with van der Waals surface area (Å²) in [5.41, 5.74) is 7.12. The molecule has 0 fully saturated rings. The highest BCUT2D eigenvalue weighted by Gasteiger charge is 2.11. The Bertz CT molecular complexity index is 576. The van der Waals surface area contributed by atoms with Gasteiger partial charge in [0.2, 0.25) is 0 Å². The summed E-state index contributed by atoms with van der Waals surface area (Å²) in [6.07, 6.45) is 0.849. The van der Waals surface area contributed by atoms with Crippen LogP contribution in [0.3, 0.4) is 0 Å². The van der Waals surface area contributed by atoms with Crippen LogP contribution in [0.5, 0.6) is 23.0 Å². The molecule has 0 saturated carbocycles. The van der Waals surface area contributed by atoms with E-state index in [9.17, 15) is 0 Å². The molecule has 0 aliphatic rings.